The second-order valence-electron chi connectivity index (χ2n) is 3.61. The van der Waals surface area contributed by atoms with Crippen LogP contribution in [0.5, 0.6) is 0 Å². The van der Waals surface area contributed by atoms with E-state index in [4.69, 9.17) is 4.74 Å². The number of hydrogen-bond donors (Lipinski definition) is 0. The number of nitrogens with zero attached hydrogens (tertiary/aromatic N) is 1. The summed E-state index contributed by atoms with van der Waals surface area (Å²) < 4.78 is 5.78. The maximum Gasteiger partial charge on any atom is 0.338 e. The molecule has 0 N–H and O–H groups in total. The highest BCUT2D eigenvalue weighted by Crippen LogP contribution is 2.23. The lowest BCUT2D eigenvalue weighted by Gasteiger charge is -2.08. The van der Waals surface area contributed by atoms with Crippen LogP contribution in [0, 0.1) is 0 Å². The third-order valence-electron chi connectivity index (χ3n) is 2.41. The molecular formula is C14H12BrNO2. The van der Waals surface area contributed by atoms with Crippen molar-refractivity contribution in [1.82, 2.24) is 4.98 Å². The van der Waals surface area contributed by atoms with E-state index in [0.717, 1.165) is 15.9 Å². The van der Waals surface area contributed by atoms with Gasteiger partial charge in [0.25, 0.3) is 0 Å². The van der Waals surface area contributed by atoms with E-state index < -0.39 is 0 Å². The highest BCUT2D eigenvalue weighted by Gasteiger charge is 2.13. The second kappa shape index (κ2) is 5.78. The van der Waals surface area contributed by atoms with Crippen LogP contribution in [-0.4, -0.2) is 17.6 Å². The summed E-state index contributed by atoms with van der Waals surface area (Å²) in [6.07, 6.45) is 0. The van der Waals surface area contributed by atoms with Crippen LogP contribution in [0.1, 0.15) is 17.3 Å². The average Bonchev–Trinajstić information content (AvgIpc) is 2.39. The fourth-order valence-corrected chi connectivity index (χ4v) is 2.00. The van der Waals surface area contributed by atoms with Gasteiger partial charge in [0.1, 0.15) is 4.60 Å². The van der Waals surface area contributed by atoms with Gasteiger partial charge in [0, 0.05) is 5.56 Å². The summed E-state index contributed by atoms with van der Waals surface area (Å²) in [5.74, 6) is -0.324. The molecule has 0 spiro atoms. The van der Waals surface area contributed by atoms with Crippen molar-refractivity contribution in [1.29, 1.82) is 0 Å². The largest absolute Gasteiger partial charge is 0.462 e. The number of rotatable bonds is 3. The maximum absolute atomic E-state index is 11.9. The van der Waals surface area contributed by atoms with Crippen molar-refractivity contribution >= 4 is 21.9 Å². The number of carbonyl (C=O) groups is 1. The Balaban J connectivity index is 2.48. The molecule has 2 aromatic rings. The van der Waals surface area contributed by atoms with Crippen LogP contribution in [0.25, 0.3) is 11.3 Å². The van der Waals surface area contributed by atoms with Gasteiger partial charge in [-0.1, -0.05) is 24.3 Å². The summed E-state index contributed by atoms with van der Waals surface area (Å²) in [6.45, 7) is 2.15. The van der Waals surface area contributed by atoms with E-state index in [-0.39, 0.29) is 5.97 Å². The van der Waals surface area contributed by atoms with Crippen LogP contribution in [0.15, 0.2) is 47.1 Å². The minimum atomic E-state index is -0.324. The minimum Gasteiger partial charge on any atom is -0.462 e. The van der Waals surface area contributed by atoms with Crippen LogP contribution in [0.4, 0.5) is 0 Å². The molecule has 1 heterocycles. The number of hydrogen-bond acceptors (Lipinski definition) is 3. The minimum absolute atomic E-state index is 0.324. The van der Waals surface area contributed by atoms with Crippen LogP contribution < -0.4 is 0 Å². The second-order valence-corrected chi connectivity index (χ2v) is 4.42. The monoisotopic (exact) mass is 305 g/mol. The highest BCUT2D eigenvalue weighted by atomic mass is 79.9. The Morgan fingerprint density at radius 1 is 1.22 bits per heavy atom. The first-order valence-electron chi connectivity index (χ1n) is 5.61. The van der Waals surface area contributed by atoms with E-state index in [9.17, 15) is 4.79 Å². The molecule has 0 aliphatic heterocycles. The third-order valence-corrected chi connectivity index (χ3v) is 2.86. The molecule has 0 atom stereocenters. The lowest BCUT2D eigenvalue weighted by molar-refractivity contribution is 0.0527. The molecule has 0 fully saturated rings. The summed E-state index contributed by atoms with van der Waals surface area (Å²) in [6, 6.07) is 12.9. The number of esters is 1. The number of aromatic nitrogens is 1. The molecule has 2 rings (SSSR count). The first-order chi connectivity index (χ1) is 8.72. The molecule has 1 aromatic heterocycles. The lowest BCUT2D eigenvalue weighted by atomic mass is 10.0. The smallest absolute Gasteiger partial charge is 0.338 e. The van der Waals surface area contributed by atoms with Gasteiger partial charge in [-0.15, -0.1) is 0 Å². The van der Waals surface area contributed by atoms with E-state index in [1.54, 1.807) is 13.0 Å². The molecule has 0 saturated carbocycles. The summed E-state index contributed by atoms with van der Waals surface area (Å²) in [7, 11) is 0. The van der Waals surface area contributed by atoms with Crippen molar-refractivity contribution in [3.63, 3.8) is 0 Å². The molecule has 0 aliphatic rings. The summed E-state index contributed by atoms with van der Waals surface area (Å²) in [5.41, 5.74) is 2.05. The fraction of sp³-hybridized carbons (Fsp3) is 0.143. The predicted octanol–water partition coefficient (Wildman–Crippen LogP) is 3.69. The van der Waals surface area contributed by atoms with Crippen molar-refractivity contribution in [2.45, 2.75) is 6.92 Å². The first kappa shape index (κ1) is 12.8. The molecule has 18 heavy (non-hydrogen) atoms. The number of benzene rings is 1. The zero-order valence-corrected chi connectivity index (χ0v) is 11.5. The van der Waals surface area contributed by atoms with Gasteiger partial charge in [-0.3, -0.25) is 0 Å². The molecule has 0 radical (unpaired) electrons. The lowest BCUT2D eigenvalue weighted by Crippen LogP contribution is -2.06. The first-order valence-corrected chi connectivity index (χ1v) is 6.40. The van der Waals surface area contributed by atoms with Gasteiger partial charge in [-0.05, 0) is 41.1 Å². The Morgan fingerprint density at radius 2 is 2.00 bits per heavy atom. The van der Waals surface area contributed by atoms with E-state index in [1.165, 1.54) is 0 Å². The molecule has 0 unspecified atom stereocenters. The normalized spacial score (nSPS) is 10.1. The summed E-state index contributed by atoms with van der Waals surface area (Å²) in [5, 5.41) is 0. The zero-order valence-electron chi connectivity index (χ0n) is 9.89. The van der Waals surface area contributed by atoms with Gasteiger partial charge in [-0.25, -0.2) is 9.78 Å². The molecule has 1 aromatic carbocycles. The predicted molar refractivity (Wildman–Crippen MR) is 73.3 cm³/mol. The van der Waals surface area contributed by atoms with E-state index in [2.05, 4.69) is 20.9 Å². The number of halogens is 1. The molecule has 3 nitrogen and oxygen atoms in total. The summed E-state index contributed by atoms with van der Waals surface area (Å²) in [4.78, 5) is 16.2. The maximum atomic E-state index is 11.9. The fourth-order valence-electron chi connectivity index (χ4n) is 1.65. The van der Waals surface area contributed by atoms with E-state index >= 15 is 0 Å². The number of pyridine rings is 1. The molecule has 0 amide bonds. The molecule has 4 heteroatoms. The summed E-state index contributed by atoms with van der Waals surface area (Å²) >= 11 is 3.32. The number of ether oxygens (including phenoxy) is 1. The van der Waals surface area contributed by atoms with Crippen molar-refractivity contribution < 1.29 is 9.53 Å². The topological polar surface area (TPSA) is 39.2 Å². The number of carbonyl (C=O) groups excluding carboxylic acids is 1. The van der Waals surface area contributed by atoms with Gasteiger partial charge >= 0.3 is 5.97 Å². The quantitative estimate of drug-likeness (QED) is 0.641. The van der Waals surface area contributed by atoms with Gasteiger partial charge < -0.3 is 4.74 Å². The standard InChI is InChI=1S/C14H12BrNO2/c1-2-18-14(17)11-7-4-3-6-10(11)12-8-5-9-13(15)16-12/h3-9H,2H2,1H3. The Kier molecular flexibility index (Phi) is 4.10. The van der Waals surface area contributed by atoms with Crippen molar-refractivity contribution in [2.24, 2.45) is 0 Å². The van der Waals surface area contributed by atoms with Crippen molar-refractivity contribution in [3.8, 4) is 11.3 Å². The molecule has 92 valence electrons. The van der Waals surface area contributed by atoms with Crippen LogP contribution in [-0.2, 0) is 4.74 Å². The Hall–Kier alpha value is -1.68. The molecular weight excluding hydrogens is 294 g/mol. The van der Waals surface area contributed by atoms with Gasteiger partial charge in [-0.2, -0.15) is 0 Å². The van der Waals surface area contributed by atoms with Crippen LogP contribution in [0.3, 0.4) is 0 Å². The van der Waals surface area contributed by atoms with E-state index in [0.29, 0.717) is 12.2 Å². The third kappa shape index (κ3) is 2.76. The van der Waals surface area contributed by atoms with Gasteiger partial charge in [0.15, 0.2) is 0 Å². The van der Waals surface area contributed by atoms with E-state index in [1.807, 2.05) is 36.4 Å². The molecule has 0 aliphatic carbocycles. The molecule has 0 bridgehead atoms. The Labute approximate surface area is 114 Å². The van der Waals surface area contributed by atoms with Gasteiger partial charge in [0.2, 0.25) is 0 Å². The van der Waals surface area contributed by atoms with Crippen LogP contribution in [0.2, 0.25) is 0 Å². The highest BCUT2D eigenvalue weighted by molar-refractivity contribution is 9.10. The SMILES string of the molecule is CCOC(=O)c1ccccc1-c1cccc(Br)n1. The average molecular weight is 306 g/mol. The Bertz CT molecular complexity index is 569. The zero-order chi connectivity index (χ0) is 13.0. The molecule has 0 saturated heterocycles. The van der Waals surface area contributed by atoms with Crippen LogP contribution >= 0.6 is 15.9 Å². The Morgan fingerprint density at radius 3 is 2.72 bits per heavy atom. The van der Waals surface area contributed by atoms with Crippen molar-refractivity contribution in [2.75, 3.05) is 6.61 Å². The van der Waals surface area contributed by atoms with Gasteiger partial charge in [0.05, 0.1) is 17.9 Å². The van der Waals surface area contributed by atoms with Crippen molar-refractivity contribution in [3.05, 3.63) is 52.6 Å².